The maximum atomic E-state index is 2.46. The first-order valence-electron chi connectivity index (χ1n) is 10.2. The molecule has 0 spiro atoms. The number of fused-ring (bicyclic) bond motifs is 2. The molecule has 2 heteroatoms. The Labute approximate surface area is 185 Å². The number of hydrogen-bond donors (Lipinski definition) is 0. The van der Waals surface area contributed by atoms with E-state index in [2.05, 4.69) is 137 Å². The Hall–Kier alpha value is -2.35. The van der Waals surface area contributed by atoms with Gasteiger partial charge in [0.1, 0.15) is 0 Å². The third-order valence-corrected chi connectivity index (χ3v) is 7.80. The van der Waals surface area contributed by atoms with E-state index < -0.39 is 0 Å². The van der Waals surface area contributed by atoms with Gasteiger partial charge < -0.3 is 0 Å². The van der Waals surface area contributed by atoms with Gasteiger partial charge >= 0.3 is 186 Å². The Morgan fingerprint density at radius 1 is 0.690 bits per heavy atom. The van der Waals surface area contributed by atoms with Gasteiger partial charge in [0.25, 0.3) is 0 Å². The summed E-state index contributed by atoms with van der Waals surface area (Å²) in [6.45, 7) is 0. The van der Waals surface area contributed by atoms with Gasteiger partial charge in [-0.05, 0) is 0 Å². The van der Waals surface area contributed by atoms with E-state index >= 15 is 0 Å². The number of rotatable bonds is 4. The summed E-state index contributed by atoms with van der Waals surface area (Å²) < 4.78 is -0.104. The average molecular weight is 410 g/mol. The summed E-state index contributed by atoms with van der Waals surface area (Å²) in [4.78, 5) is 2.25. The van der Waals surface area contributed by atoms with Gasteiger partial charge in [0.05, 0.1) is 0 Å². The summed E-state index contributed by atoms with van der Waals surface area (Å²) in [6, 6.07) is 26.6. The molecule has 2 aliphatic rings. The molecule has 0 saturated carbocycles. The molecule has 0 aliphatic heterocycles. The van der Waals surface area contributed by atoms with E-state index in [-0.39, 0.29) is 3.72 Å². The molecule has 0 radical (unpaired) electrons. The molecule has 3 aromatic carbocycles. The van der Waals surface area contributed by atoms with Crippen molar-refractivity contribution in [3.63, 3.8) is 0 Å². The molecule has 0 N–H and O–H groups in total. The van der Waals surface area contributed by atoms with Gasteiger partial charge in [-0.15, -0.1) is 0 Å². The van der Waals surface area contributed by atoms with Crippen LogP contribution in [0.15, 0.2) is 84.9 Å². The van der Waals surface area contributed by atoms with Crippen LogP contribution in [-0.4, -0.2) is 14.1 Å². The van der Waals surface area contributed by atoms with Crippen molar-refractivity contribution in [2.75, 3.05) is 19.0 Å². The molecule has 1 nitrogen and oxygen atoms in total. The zero-order valence-corrected chi connectivity index (χ0v) is 18.4. The quantitative estimate of drug-likeness (QED) is 0.469. The van der Waals surface area contributed by atoms with Crippen molar-refractivity contribution in [2.45, 2.75) is 15.6 Å². The third-order valence-electron chi connectivity index (χ3n) is 6.41. The molecular formula is C27H24NTi. The Morgan fingerprint density at radius 2 is 1.17 bits per heavy atom. The Kier molecular flexibility index (Phi) is 4.61. The second kappa shape index (κ2) is 7.16. The van der Waals surface area contributed by atoms with Crippen molar-refractivity contribution in [2.24, 2.45) is 0 Å². The van der Waals surface area contributed by atoms with Crippen LogP contribution in [0.2, 0.25) is 0 Å². The maximum absolute atomic E-state index is 2.46. The molecule has 2 aliphatic carbocycles. The normalized spacial score (nSPS) is 20.9. The molecule has 0 bridgehead atoms. The van der Waals surface area contributed by atoms with Crippen molar-refractivity contribution in [1.29, 1.82) is 0 Å². The van der Waals surface area contributed by atoms with E-state index in [4.69, 9.17) is 0 Å². The second-order valence-electron chi connectivity index (χ2n) is 8.21. The molecule has 0 heterocycles. The topological polar surface area (TPSA) is 3.24 Å². The van der Waals surface area contributed by atoms with Crippen molar-refractivity contribution < 1.29 is 20.4 Å². The first-order valence-corrected chi connectivity index (χ1v) is 10.9. The molecular weight excluding hydrogens is 386 g/mol. The van der Waals surface area contributed by atoms with Gasteiger partial charge in [-0.25, -0.2) is 0 Å². The Balaban J connectivity index is 1.76. The van der Waals surface area contributed by atoms with Crippen LogP contribution in [0.5, 0.6) is 0 Å². The monoisotopic (exact) mass is 410 g/mol. The SMILES string of the molecule is CN(C)c1ccccc1[C]([Ti])(C1C=Cc2ccccc21)C1C=Cc2ccccc21. The van der Waals surface area contributed by atoms with E-state index in [1.54, 1.807) is 0 Å². The first-order chi connectivity index (χ1) is 14.1. The van der Waals surface area contributed by atoms with Crippen molar-refractivity contribution in [1.82, 2.24) is 0 Å². The van der Waals surface area contributed by atoms with Gasteiger partial charge in [-0.1, -0.05) is 0 Å². The van der Waals surface area contributed by atoms with Gasteiger partial charge in [0.15, 0.2) is 0 Å². The van der Waals surface area contributed by atoms with Crippen LogP contribution in [-0.2, 0) is 24.2 Å². The summed E-state index contributed by atoms with van der Waals surface area (Å²) in [7, 11) is 4.30. The fourth-order valence-corrected chi connectivity index (χ4v) is 6.15. The van der Waals surface area contributed by atoms with Crippen molar-refractivity contribution in [3.8, 4) is 0 Å². The number of allylic oxidation sites excluding steroid dienone is 2. The van der Waals surface area contributed by atoms with Crippen LogP contribution in [0, 0.1) is 0 Å². The number of nitrogens with zero attached hydrogens (tertiary/aromatic N) is 1. The second-order valence-corrected chi connectivity index (χ2v) is 9.50. The van der Waals surface area contributed by atoms with Crippen molar-refractivity contribution in [3.05, 3.63) is 113 Å². The Bertz CT molecular complexity index is 1060. The van der Waals surface area contributed by atoms with Crippen LogP contribution in [0.3, 0.4) is 0 Å². The average Bonchev–Trinajstić information content (AvgIpc) is 3.38. The van der Waals surface area contributed by atoms with Gasteiger partial charge in [0.2, 0.25) is 0 Å². The zero-order chi connectivity index (χ0) is 20.0. The van der Waals surface area contributed by atoms with E-state index in [1.165, 1.54) is 33.5 Å². The molecule has 0 aromatic heterocycles. The van der Waals surface area contributed by atoms with Crippen LogP contribution in [0.1, 0.15) is 39.7 Å². The minimum atomic E-state index is -0.104. The summed E-state index contributed by atoms with van der Waals surface area (Å²) in [5, 5.41) is 0. The standard InChI is InChI=1S/C27H24N.Ti/c1-28(2)26-14-8-7-13-25(26)27(23-17-15-19-9-3-5-11-21(19)23)24-18-16-20-10-4-6-12-22(20)24;/h3-18,23-24H,1-2H3;. The molecule has 141 valence electrons. The number of anilines is 1. The zero-order valence-electron chi connectivity index (χ0n) is 16.8. The number of hydrogen-bond acceptors (Lipinski definition) is 1. The van der Waals surface area contributed by atoms with Crippen LogP contribution in [0.4, 0.5) is 5.69 Å². The molecule has 0 saturated heterocycles. The third kappa shape index (κ3) is 2.88. The summed E-state index contributed by atoms with van der Waals surface area (Å²) in [5.74, 6) is 0.640. The molecule has 2 atom stereocenters. The molecule has 0 amide bonds. The van der Waals surface area contributed by atoms with E-state index in [1.807, 2.05) is 0 Å². The Morgan fingerprint density at radius 3 is 1.72 bits per heavy atom. The molecule has 29 heavy (non-hydrogen) atoms. The van der Waals surface area contributed by atoms with Gasteiger partial charge in [0, 0.05) is 0 Å². The van der Waals surface area contributed by atoms with E-state index in [9.17, 15) is 0 Å². The summed E-state index contributed by atoms with van der Waals surface area (Å²) in [5.41, 5.74) is 8.26. The van der Waals surface area contributed by atoms with Crippen LogP contribution in [0.25, 0.3) is 12.2 Å². The number of benzene rings is 3. The van der Waals surface area contributed by atoms with Crippen molar-refractivity contribution >= 4 is 17.8 Å². The van der Waals surface area contributed by atoms with Gasteiger partial charge in [-0.2, -0.15) is 0 Å². The van der Waals surface area contributed by atoms with E-state index in [0.717, 1.165) is 0 Å². The molecule has 0 fully saturated rings. The van der Waals surface area contributed by atoms with Crippen LogP contribution >= 0.6 is 0 Å². The molecule has 3 aromatic rings. The van der Waals surface area contributed by atoms with Crippen LogP contribution < -0.4 is 4.90 Å². The predicted octanol–water partition coefficient (Wildman–Crippen LogP) is 6.12. The molecule has 5 rings (SSSR count). The fraction of sp³-hybridized carbons (Fsp3) is 0.185. The summed E-state index contributed by atoms with van der Waals surface area (Å²) >= 11 is 2.46. The minimum absolute atomic E-state index is 0.104. The fourth-order valence-electron chi connectivity index (χ4n) is 5.03. The van der Waals surface area contributed by atoms with Gasteiger partial charge in [-0.3, -0.25) is 0 Å². The molecule has 2 unspecified atom stereocenters. The predicted molar refractivity (Wildman–Crippen MR) is 119 cm³/mol. The van der Waals surface area contributed by atoms with E-state index in [0.29, 0.717) is 11.8 Å². The first kappa shape index (κ1) is 18.7. The summed E-state index contributed by atoms with van der Waals surface area (Å²) in [6.07, 6.45) is 9.46. The number of para-hydroxylation sites is 1.